The number of aliphatic imine (C=N–C) groups is 1. The molecular formula is C29H47N3O2. The van der Waals surface area contributed by atoms with Crippen LogP contribution in [0.1, 0.15) is 110 Å². The fourth-order valence-corrected chi connectivity index (χ4v) is 6.30. The maximum Gasteiger partial charge on any atom is 0.305 e. The van der Waals surface area contributed by atoms with Gasteiger partial charge in [-0.05, 0) is 71.8 Å². The Balaban J connectivity index is 1.45. The summed E-state index contributed by atoms with van der Waals surface area (Å²) in [5.41, 5.74) is 0.908. The van der Waals surface area contributed by atoms with Crippen LogP contribution in [0.15, 0.2) is 35.3 Å². The summed E-state index contributed by atoms with van der Waals surface area (Å²) in [6.07, 6.45) is 14.7. The van der Waals surface area contributed by atoms with Gasteiger partial charge >= 0.3 is 6.02 Å². The van der Waals surface area contributed by atoms with Crippen molar-refractivity contribution >= 4 is 6.02 Å². The van der Waals surface area contributed by atoms with Crippen molar-refractivity contribution < 1.29 is 9.57 Å². The Kier molecular flexibility index (Phi) is 8.57. The predicted molar refractivity (Wildman–Crippen MR) is 140 cm³/mol. The molecule has 1 heterocycles. The van der Waals surface area contributed by atoms with Gasteiger partial charge in [0.2, 0.25) is 0 Å². The lowest BCUT2D eigenvalue weighted by molar-refractivity contribution is -0.251. The van der Waals surface area contributed by atoms with Crippen molar-refractivity contribution in [2.24, 2.45) is 4.99 Å². The van der Waals surface area contributed by atoms with Gasteiger partial charge in [0, 0.05) is 6.04 Å². The first-order valence-corrected chi connectivity index (χ1v) is 13.8. The molecule has 1 aliphatic heterocycles. The molecule has 3 fully saturated rings. The van der Waals surface area contributed by atoms with Crippen molar-refractivity contribution in [1.29, 1.82) is 0 Å². The molecule has 1 aromatic rings. The van der Waals surface area contributed by atoms with E-state index in [1.807, 2.05) is 0 Å². The second-order valence-electron chi connectivity index (χ2n) is 12.0. The molecule has 0 atom stereocenters. The van der Waals surface area contributed by atoms with Crippen LogP contribution in [0.25, 0.3) is 0 Å². The monoisotopic (exact) mass is 469 g/mol. The van der Waals surface area contributed by atoms with Gasteiger partial charge in [0.15, 0.2) is 0 Å². The van der Waals surface area contributed by atoms with Crippen LogP contribution >= 0.6 is 0 Å². The molecule has 5 nitrogen and oxygen atoms in total. The maximum absolute atomic E-state index is 6.76. The summed E-state index contributed by atoms with van der Waals surface area (Å²) < 4.78 is 6.41. The van der Waals surface area contributed by atoms with Crippen molar-refractivity contribution in [3.05, 3.63) is 35.9 Å². The molecule has 190 valence electrons. The highest BCUT2D eigenvalue weighted by Gasteiger charge is 2.48. The van der Waals surface area contributed by atoms with Gasteiger partial charge in [0.05, 0.1) is 29.8 Å². The van der Waals surface area contributed by atoms with Gasteiger partial charge in [0.25, 0.3) is 0 Å². The topological polar surface area (TPSA) is 46.1 Å². The molecule has 34 heavy (non-hydrogen) atoms. The molecule has 4 rings (SSSR count). The highest BCUT2D eigenvalue weighted by molar-refractivity contribution is 5.74. The molecule has 1 saturated heterocycles. The van der Waals surface area contributed by atoms with E-state index >= 15 is 0 Å². The van der Waals surface area contributed by atoms with Gasteiger partial charge < -0.3 is 14.9 Å². The summed E-state index contributed by atoms with van der Waals surface area (Å²) in [6.45, 7) is 9.80. The third-order valence-electron chi connectivity index (χ3n) is 7.87. The minimum atomic E-state index is -0.162. The highest BCUT2D eigenvalue weighted by Crippen LogP contribution is 2.40. The number of hydroxylamine groups is 2. The van der Waals surface area contributed by atoms with Crippen LogP contribution in [0.3, 0.4) is 0 Å². The van der Waals surface area contributed by atoms with Crippen molar-refractivity contribution in [2.75, 3.05) is 0 Å². The molecule has 0 bridgehead atoms. The summed E-state index contributed by atoms with van der Waals surface area (Å²) in [5, 5.41) is 5.96. The average Bonchev–Trinajstić information content (AvgIpc) is 2.81. The van der Waals surface area contributed by atoms with Crippen LogP contribution in [0, 0.1) is 0 Å². The number of hydrogen-bond acceptors (Lipinski definition) is 4. The van der Waals surface area contributed by atoms with E-state index < -0.39 is 0 Å². The minimum absolute atomic E-state index is 0.162. The fraction of sp³-hybridized carbons (Fsp3) is 0.759. The molecule has 1 N–H and O–H groups in total. The highest BCUT2D eigenvalue weighted by atomic mass is 16.7. The van der Waals surface area contributed by atoms with Crippen LogP contribution < -0.4 is 5.32 Å². The van der Waals surface area contributed by atoms with Crippen molar-refractivity contribution in [3.63, 3.8) is 0 Å². The van der Waals surface area contributed by atoms with Crippen LogP contribution in [-0.2, 0) is 16.2 Å². The zero-order valence-corrected chi connectivity index (χ0v) is 22.0. The standard InChI is InChI=1S/C29H47N3O2/c1-28(2)20-26(33-22-23-14-8-5-9-15-23)21-29(3,4)32(28)34-27(30-24-16-10-6-11-17-24)31-25-18-12-7-13-19-25/h5,8-9,14-15,24-26H,6-7,10-13,16-22H2,1-4H3,(H,30,31). The number of ether oxygens (including phenoxy) is 1. The Hall–Kier alpha value is -1.59. The van der Waals surface area contributed by atoms with Crippen molar-refractivity contribution in [1.82, 2.24) is 10.4 Å². The maximum atomic E-state index is 6.76. The fourth-order valence-electron chi connectivity index (χ4n) is 6.30. The van der Waals surface area contributed by atoms with Crippen LogP contribution in [-0.4, -0.2) is 40.4 Å². The van der Waals surface area contributed by atoms with E-state index in [-0.39, 0.29) is 17.2 Å². The third kappa shape index (κ3) is 6.97. The normalized spacial score (nSPS) is 25.2. The number of nitrogens with one attached hydrogen (secondary N) is 1. The molecule has 2 aliphatic carbocycles. The number of rotatable bonds is 6. The predicted octanol–water partition coefficient (Wildman–Crippen LogP) is 6.77. The molecule has 0 radical (unpaired) electrons. The molecule has 0 amide bonds. The van der Waals surface area contributed by atoms with Crippen molar-refractivity contribution in [3.8, 4) is 0 Å². The first kappa shape index (κ1) is 25.5. The molecule has 2 saturated carbocycles. The van der Waals surface area contributed by atoms with Crippen LogP contribution in [0.4, 0.5) is 0 Å². The quantitative estimate of drug-likeness (QED) is 0.369. The Morgan fingerprint density at radius 3 is 2.09 bits per heavy atom. The van der Waals surface area contributed by atoms with Gasteiger partial charge in [-0.2, -0.15) is 0 Å². The summed E-state index contributed by atoms with van der Waals surface area (Å²) in [4.78, 5) is 11.9. The second-order valence-corrected chi connectivity index (χ2v) is 12.0. The molecule has 0 unspecified atom stereocenters. The SMILES string of the molecule is CC1(C)CC(OCc2ccccc2)CC(C)(C)N1OC(=NC1CCCCC1)NC1CCCCC1. The van der Waals surface area contributed by atoms with E-state index in [1.165, 1.54) is 69.8 Å². The number of nitrogens with zero attached hydrogens (tertiary/aromatic N) is 2. The lowest BCUT2D eigenvalue weighted by Crippen LogP contribution is -2.63. The third-order valence-corrected chi connectivity index (χ3v) is 7.87. The average molecular weight is 470 g/mol. The zero-order chi connectivity index (χ0) is 24.0. The number of benzene rings is 1. The van der Waals surface area contributed by atoms with Crippen molar-refractivity contribution in [2.45, 2.75) is 141 Å². The lowest BCUT2D eigenvalue weighted by atomic mass is 9.80. The Morgan fingerprint density at radius 1 is 0.882 bits per heavy atom. The molecule has 1 aromatic carbocycles. The number of amidine groups is 1. The molecule has 0 spiro atoms. The zero-order valence-electron chi connectivity index (χ0n) is 22.0. The van der Waals surface area contributed by atoms with Gasteiger partial charge in [-0.25, -0.2) is 4.99 Å². The van der Waals surface area contributed by atoms with E-state index in [2.05, 4.69) is 68.4 Å². The van der Waals surface area contributed by atoms with Gasteiger partial charge in [-0.1, -0.05) is 68.9 Å². The largest absolute Gasteiger partial charge is 0.373 e. The molecular weight excluding hydrogens is 422 g/mol. The van der Waals surface area contributed by atoms with Gasteiger partial charge in [-0.15, -0.1) is 5.06 Å². The van der Waals surface area contributed by atoms with Crippen LogP contribution in [0.2, 0.25) is 0 Å². The van der Waals surface area contributed by atoms with Gasteiger partial charge in [-0.3, -0.25) is 0 Å². The van der Waals surface area contributed by atoms with E-state index in [0.29, 0.717) is 18.7 Å². The molecule has 5 heteroatoms. The summed E-state index contributed by atoms with van der Waals surface area (Å²) in [5.74, 6) is 0. The first-order valence-electron chi connectivity index (χ1n) is 13.8. The lowest BCUT2D eigenvalue weighted by Gasteiger charge is -2.53. The minimum Gasteiger partial charge on any atom is -0.373 e. The summed E-state index contributed by atoms with van der Waals surface area (Å²) in [6, 6.07) is 12.1. The number of hydrogen-bond donors (Lipinski definition) is 1. The van der Waals surface area contributed by atoms with Gasteiger partial charge in [0.1, 0.15) is 0 Å². The summed E-state index contributed by atoms with van der Waals surface area (Å²) in [7, 11) is 0. The van der Waals surface area contributed by atoms with E-state index in [9.17, 15) is 0 Å². The smallest absolute Gasteiger partial charge is 0.305 e. The van der Waals surface area contributed by atoms with E-state index in [4.69, 9.17) is 14.6 Å². The second kappa shape index (κ2) is 11.4. The Bertz CT molecular complexity index is 762. The van der Waals surface area contributed by atoms with E-state index in [1.54, 1.807) is 0 Å². The van der Waals surface area contributed by atoms with E-state index in [0.717, 1.165) is 18.9 Å². The Morgan fingerprint density at radius 2 is 1.47 bits per heavy atom. The summed E-state index contributed by atoms with van der Waals surface area (Å²) >= 11 is 0. The molecule has 0 aromatic heterocycles. The first-order chi connectivity index (χ1) is 16.3. The Labute approximate surface area is 207 Å². The molecule has 3 aliphatic rings. The number of piperidine rings is 1. The van der Waals surface area contributed by atoms with Crippen LogP contribution in [0.5, 0.6) is 0 Å².